The molecule has 2 fully saturated rings. The van der Waals surface area contributed by atoms with Gasteiger partial charge in [0.1, 0.15) is 5.69 Å². The number of carbonyl (C=O) groups excluding carboxylic acids is 1. The number of anilines is 1. The van der Waals surface area contributed by atoms with Crippen LogP contribution >= 0.6 is 0 Å². The van der Waals surface area contributed by atoms with Crippen LogP contribution in [0, 0.1) is 16.0 Å². The van der Waals surface area contributed by atoms with Crippen molar-refractivity contribution in [3.05, 3.63) is 28.3 Å². The molecule has 0 radical (unpaired) electrons. The molecule has 2 heterocycles. The first-order valence-electron chi connectivity index (χ1n) is 10.7. The fourth-order valence-electron chi connectivity index (χ4n) is 4.13. The fourth-order valence-corrected chi connectivity index (χ4v) is 5.17. The Balaban J connectivity index is 1.70. The van der Waals surface area contributed by atoms with Crippen LogP contribution in [0.25, 0.3) is 0 Å². The van der Waals surface area contributed by atoms with Crippen LogP contribution in [0.15, 0.2) is 23.1 Å². The van der Waals surface area contributed by atoms with Crippen LogP contribution in [-0.4, -0.2) is 82.4 Å². The maximum Gasteiger partial charge on any atom is 0.293 e. The minimum Gasteiger partial charge on any atom is -0.366 e. The van der Waals surface area contributed by atoms with Gasteiger partial charge in [-0.1, -0.05) is 0 Å². The van der Waals surface area contributed by atoms with Crippen LogP contribution < -0.4 is 9.62 Å². The van der Waals surface area contributed by atoms with Crippen molar-refractivity contribution >= 4 is 27.3 Å². The van der Waals surface area contributed by atoms with E-state index in [0.29, 0.717) is 38.2 Å². The Kier molecular flexibility index (Phi) is 7.50. The van der Waals surface area contributed by atoms with Crippen molar-refractivity contribution in [2.45, 2.75) is 30.6 Å². The predicted molar refractivity (Wildman–Crippen MR) is 118 cm³/mol. The van der Waals surface area contributed by atoms with Crippen LogP contribution in [-0.2, 0) is 14.8 Å². The molecule has 1 N–H and O–H groups in total. The largest absolute Gasteiger partial charge is 0.366 e. The zero-order valence-electron chi connectivity index (χ0n) is 18.1. The first kappa shape index (κ1) is 23.4. The number of rotatable bonds is 8. The quantitative estimate of drug-likeness (QED) is 0.465. The number of nitro groups is 1. The van der Waals surface area contributed by atoms with Crippen LogP contribution in [0.3, 0.4) is 0 Å². The van der Waals surface area contributed by atoms with E-state index in [0.717, 1.165) is 32.0 Å². The van der Waals surface area contributed by atoms with E-state index in [1.807, 2.05) is 28.8 Å². The van der Waals surface area contributed by atoms with E-state index in [-0.39, 0.29) is 29.0 Å². The lowest BCUT2D eigenvalue weighted by Gasteiger charge is -2.34. The molecule has 0 aromatic heterocycles. The Morgan fingerprint density at radius 3 is 2.42 bits per heavy atom. The van der Waals surface area contributed by atoms with Gasteiger partial charge in [0.2, 0.25) is 15.9 Å². The molecule has 1 amide bonds. The highest BCUT2D eigenvalue weighted by atomic mass is 32.2. The molecule has 0 spiro atoms. The van der Waals surface area contributed by atoms with E-state index in [1.54, 1.807) is 0 Å². The van der Waals surface area contributed by atoms with Crippen LogP contribution in [0.4, 0.5) is 11.4 Å². The Morgan fingerprint density at radius 1 is 1.19 bits per heavy atom. The van der Waals surface area contributed by atoms with Gasteiger partial charge >= 0.3 is 0 Å². The van der Waals surface area contributed by atoms with Gasteiger partial charge in [-0.15, -0.1) is 0 Å². The number of piperidine rings is 1. The van der Waals surface area contributed by atoms with Crippen molar-refractivity contribution in [2.75, 3.05) is 58.3 Å². The number of carbonyl (C=O) groups is 1. The monoisotopic (exact) mass is 453 g/mol. The summed E-state index contributed by atoms with van der Waals surface area (Å²) in [7, 11) is -0.180. The molecule has 3 rings (SSSR count). The van der Waals surface area contributed by atoms with E-state index in [9.17, 15) is 23.3 Å². The Bertz CT molecular complexity index is 907. The second-order valence-electron chi connectivity index (χ2n) is 8.40. The molecule has 2 saturated heterocycles. The minimum absolute atomic E-state index is 0.0473. The number of hydrogen-bond donors (Lipinski definition) is 1. The summed E-state index contributed by atoms with van der Waals surface area (Å²) in [5, 5.41) is 11.7. The molecule has 0 atom stereocenters. The number of sulfonamides is 1. The highest BCUT2D eigenvalue weighted by molar-refractivity contribution is 7.89. The zero-order chi connectivity index (χ0) is 22.6. The summed E-state index contributed by atoms with van der Waals surface area (Å²) < 4.78 is 27.5. The number of likely N-dealkylation sites (tertiary alicyclic amines) is 1. The molecule has 0 unspecified atom stereocenters. The second kappa shape index (κ2) is 9.92. The first-order valence-corrected chi connectivity index (χ1v) is 12.1. The summed E-state index contributed by atoms with van der Waals surface area (Å²) >= 11 is 0. The minimum atomic E-state index is -3.84. The summed E-state index contributed by atoms with van der Waals surface area (Å²) in [6.07, 6.45) is 3.38. The lowest BCUT2D eigenvalue weighted by molar-refractivity contribution is -0.384. The third-order valence-electron chi connectivity index (χ3n) is 5.91. The number of nitro benzene ring substituents is 1. The summed E-state index contributed by atoms with van der Waals surface area (Å²) in [4.78, 5) is 29.3. The van der Waals surface area contributed by atoms with Crippen molar-refractivity contribution in [1.29, 1.82) is 0 Å². The lowest BCUT2D eigenvalue weighted by atomic mass is 9.95. The SMILES string of the molecule is CN(C)CCNS(=O)(=O)c1ccc(N2CCC(C(=O)N3CCCC3)CC2)c([N+](=O)[O-])c1. The number of amides is 1. The number of nitrogens with zero attached hydrogens (tertiary/aromatic N) is 4. The molecule has 2 aliphatic heterocycles. The molecule has 172 valence electrons. The van der Waals surface area contributed by atoms with Crippen molar-refractivity contribution < 1.29 is 18.1 Å². The Labute approximate surface area is 183 Å². The normalized spacial score (nSPS) is 18.0. The van der Waals surface area contributed by atoms with Crippen molar-refractivity contribution in [3.63, 3.8) is 0 Å². The highest BCUT2D eigenvalue weighted by Gasteiger charge is 2.32. The van der Waals surface area contributed by atoms with Crippen LogP contribution in [0.2, 0.25) is 0 Å². The Morgan fingerprint density at radius 2 is 1.84 bits per heavy atom. The van der Waals surface area contributed by atoms with E-state index >= 15 is 0 Å². The number of nitrogens with one attached hydrogen (secondary N) is 1. The Hall–Kier alpha value is -2.24. The van der Waals surface area contributed by atoms with E-state index in [1.165, 1.54) is 12.1 Å². The third kappa shape index (κ3) is 5.72. The highest BCUT2D eigenvalue weighted by Crippen LogP contribution is 2.34. The average Bonchev–Trinajstić information content (AvgIpc) is 3.27. The van der Waals surface area contributed by atoms with E-state index in [4.69, 9.17) is 0 Å². The molecule has 1 aromatic rings. The van der Waals surface area contributed by atoms with Crippen LogP contribution in [0.1, 0.15) is 25.7 Å². The van der Waals surface area contributed by atoms with Crippen molar-refractivity contribution in [3.8, 4) is 0 Å². The van der Waals surface area contributed by atoms with Crippen molar-refractivity contribution in [2.24, 2.45) is 5.92 Å². The second-order valence-corrected chi connectivity index (χ2v) is 10.2. The van der Waals surface area contributed by atoms with Crippen LogP contribution in [0.5, 0.6) is 0 Å². The summed E-state index contributed by atoms with van der Waals surface area (Å²) in [6.45, 7) is 3.43. The molecule has 11 heteroatoms. The lowest BCUT2D eigenvalue weighted by Crippen LogP contribution is -2.41. The fraction of sp³-hybridized carbons (Fsp3) is 0.650. The molecule has 0 saturated carbocycles. The molecule has 31 heavy (non-hydrogen) atoms. The van der Waals surface area contributed by atoms with Crippen molar-refractivity contribution in [1.82, 2.24) is 14.5 Å². The first-order chi connectivity index (χ1) is 14.7. The van der Waals surface area contributed by atoms with Gasteiger partial charge in [0.05, 0.1) is 9.82 Å². The van der Waals surface area contributed by atoms with Gasteiger partial charge < -0.3 is 14.7 Å². The van der Waals surface area contributed by atoms with Gasteiger partial charge in [-0.25, -0.2) is 13.1 Å². The molecule has 1 aromatic carbocycles. The van der Waals surface area contributed by atoms with Gasteiger partial charge in [0, 0.05) is 51.3 Å². The molecule has 0 bridgehead atoms. The third-order valence-corrected chi connectivity index (χ3v) is 7.37. The van der Waals surface area contributed by atoms with Gasteiger partial charge in [-0.05, 0) is 51.9 Å². The summed E-state index contributed by atoms with van der Waals surface area (Å²) in [6, 6.07) is 4.03. The standard InChI is InChI=1S/C20H31N5O5S/c1-22(2)14-9-21-31(29,30)17-5-6-18(19(15-17)25(27)28)23-12-7-16(8-13-23)20(26)24-10-3-4-11-24/h5-6,15-16,21H,3-4,7-14H2,1-2H3. The molecule has 2 aliphatic rings. The molecular weight excluding hydrogens is 422 g/mol. The maximum absolute atomic E-state index is 12.6. The van der Waals surface area contributed by atoms with Gasteiger partial charge in [-0.2, -0.15) is 0 Å². The van der Waals surface area contributed by atoms with E-state index in [2.05, 4.69) is 4.72 Å². The van der Waals surface area contributed by atoms with Gasteiger partial charge in [0.15, 0.2) is 0 Å². The predicted octanol–water partition coefficient (Wildman–Crippen LogP) is 1.27. The topological polar surface area (TPSA) is 116 Å². The van der Waals surface area contributed by atoms with Gasteiger partial charge in [0.25, 0.3) is 5.69 Å². The smallest absolute Gasteiger partial charge is 0.293 e. The average molecular weight is 454 g/mol. The van der Waals surface area contributed by atoms with E-state index < -0.39 is 14.9 Å². The zero-order valence-corrected chi connectivity index (χ0v) is 18.9. The summed E-state index contributed by atoms with van der Waals surface area (Å²) in [5.74, 6) is 0.144. The number of benzene rings is 1. The number of hydrogen-bond acceptors (Lipinski definition) is 7. The number of likely N-dealkylation sites (N-methyl/N-ethyl adjacent to an activating group) is 1. The van der Waals surface area contributed by atoms with Gasteiger partial charge in [-0.3, -0.25) is 14.9 Å². The summed E-state index contributed by atoms with van der Waals surface area (Å²) in [5.41, 5.74) is 0.157. The maximum atomic E-state index is 12.6. The molecular formula is C20H31N5O5S. The molecule has 0 aliphatic carbocycles. The molecule has 10 nitrogen and oxygen atoms in total.